The van der Waals surface area contributed by atoms with Crippen LogP contribution in [0.2, 0.25) is 0 Å². The maximum atomic E-state index is 13.3. The van der Waals surface area contributed by atoms with E-state index in [4.69, 9.17) is 0 Å². The lowest BCUT2D eigenvalue weighted by Crippen LogP contribution is -2.29. The summed E-state index contributed by atoms with van der Waals surface area (Å²) >= 11 is 0. The van der Waals surface area contributed by atoms with Gasteiger partial charge in [-0.05, 0) is 23.8 Å². The number of halogens is 4. The van der Waals surface area contributed by atoms with Gasteiger partial charge in [0.25, 0.3) is 0 Å². The number of benzene rings is 1. The van der Waals surface area contributed by atoms with Crippen LogP contribution in [-0.4, -0.2) is 16.1 Å². The second-order valence-electron chi connectivity index (χ2n) is 4.97. The van der Waals surface area contributed by atoms with Gasteiger partial charge in [-0.25, -0.2) is 9.37 Å². The van der Waals surface area contributed by atoms with Gasteiger partial charge < -0.3 is 9.88 Å². The predicted molar refractivity (Wildman–Crippen MR) is 68.1 cm³/mol. The molecular weight excluding hydrogens is 286 g/mol. The number of nitrogens with one attached hydrogen (secondary N) is 1. The van der Waals surface area contributed by atoms with Crippen molar-refractivity contribution in [2.75, 3.05) is 6.54 Å². The fraction of sp³-hybridized carbons (Fsp3) is 0.357. The van der Waals surface area contributed by atoms with Crippen LogP contribution in [0.25, 0.3) is 0 Å². The molecule has 0 spiro atoms. The number of nitrogens with zero attached hydrogens (tertiary/aromatic N) is 2. The molecule has 1 aromatic heterocycles. The van der Waals surface area contributed by atoms with Crippen molar-refractivity contribution in [3.63, 3.8) is 0 Å². The Bertz CT molecular complexity index is 661. The molecule has 2 aromatic rings. The van der Waals surface area contributed by atoms with Crippen LogP contribution in [0.1, 0.15) is 22.6 Å². The number of aromatic nitrogens is 2. The molecule has 0 saturated carbocycles. The maximum Gasteiger partial charge on any atom is 0.416 e. The second-order valence-corrected chi connectivity index (χ2v) is 4.97. The highest BCUT2D eigenvalue weighted by atomic mass is 19.4. The molecule has 1 aliphatic heterocycles. The molecule has 0 amide bonds. The van der Waals surface area contributed by atoms with Gasteiger partial charge in [0.1, 0.15) is 11.6 Å². The Morgan fingerprint density at radius 2 is 2.10 bits per heavy atom. The van der Waals surface area contributed by atoms with Crippen LogP contribution in [0.4, 0.5) is 17.6 Å². The van der Waals surface area contributed by atoms with Crippen molar-refractivity contribution < 1.29 is 17.6 Å². The molecule has 0 fully saturated rings. The van der Waals surface area contributed by atoms with Gasteiger partial charge in [0.05, 0.1) is 12.1 Å². The van der Waals surface area contributed by atoms with E-state index >= 15 is 0 Å². The molecular formula is C14H13F4N3. The van der Waals surface area contributed by atoms with Crippen molar-refractivity contribution in [2.45, 2.75) is 25.7 Å². The molecule has 7 heteroatoms. The average Bonchev–Trinajstić information content (AvgIpc) is 2.81. The Kier molecular flexibility index (Phi) is 3.44. The van der Waals surface area contributed by atoms with E-state index in [1.807, 2.05) is 4.57 Å². The van der Waals surface area contributed by atoms with Gasteiger partial charge in [-0.2, -0.15) is 13.2 Å². The summed E-state index contributed by atoms with van der Waals surface area (Å²) < 4.78 is 54.2. The fourth-order valence-electron chi connectivity index (χ4n) is 2.58. The van der Waals surface area contributed by atoms with E-state index in [1.54, 1.807) is 6.20 Å². The van der Waals surface area contributed by atoms with E-state index in [0.717, 1.165) is 30.6 Å². The third kappa shape index (κ3) is 2.78. The minimum atomic E-state index is -4.49. The molecule has 1 N–H and O–H groups in total. The van der Waals surface area contributed by atoms with Crippen molar-refractivity contribution in [3.8, 4) is 0 Å². The SMILES string of the molecule is Fc1ccc(C(F)(F)F)c(Cc2cnc3n2CCNC3)c1. The fourth-order valence-corrected chi connectivity index (χ4v) is 2.58. The van der Waals surface area contributed by atoms with E-state index < -0.39 is 17.6 Å². The molecule has 0 unspecified atom stereocenters. The topological polar surface area (TPSA) is 29.9 Å². The maximum absolute atomic E-state index is 13.3. The van der Waals surface area contributed by atoms with Gasteiger partial charge in [0, 0.05) is 31.4 Å². The summed E-state index contributed by atoms with van der Waals surface area (Å²) in [6.07, 6.45) is -2.91. The molecule has 1 aliphatic rings. The molecule has 21 heavy (non-hydrogen) atoms. The zero-order chi connectivity index (χ0) is 15.0. The van der Waals surface area contributed by atoms with Crippen molar-refractivity contribution in [2.24, 2.45) is 0 Å². The van der Waals surface area contributed by atoms with Crippen LogP contribution in [0.15, 0.2) is 24.4 Å². The largest absolute Gasteiger partial charge is 0.416 e. The molecule has 2 heterocycles. The standard InChI is InChI=1S/C14H13F4N3/c15-10-1-2-12(14(16,17)18)9(5-10)6-11-7-20-13-8-19-3-4-21(11)13/h1-2,5,7,19H,3-4,6,8H2. The number of rotatable bonds is 2. The molecule has 1 aromatic carbocycles. The van der Waals surface area contributed by atoms with Crippen LogP contribution in [0, 0.1) is 5.82 Å². The number of hydrogen-bond acceptors (Lipinski definition) is 2. The average molecular weight is 299 g/mol. The third-order valence-electron chi connectivity index (χ3n) is 3.56. The smallest absolute Gasteiger partial charge is 0.329 e. The summed E-state index contributed by atoms with van der Waals surface area (Å²) in [5.74, 6) is 0.124. The normalized spacial score (nSPS) is 15.0. The summed E-state index contributed by atoms with van der Waals surface area (Å²) in [6.45, 7) is 1.99. The van der Waals surface area contributed by atoms with Gasteiger partial charge >= 0.3 is 6.18 Å². The number of imidazole rings is 1. The summed E-state index contributed by atoms with van der Waals surface area (Å²) in [5.41, 5.74) is -0.195. The lowest BCUT2D eigenvalue weighted by Gasteiger charge is -2.18. The highest BCUT2D eigenvalue weighted by molar-refractivity contribution is 5.33. The zero-order valence-electron chi connectivity index (χ0n) is 11.0. The van der Waals surface area contributed by atoms with Crippen molar-refractivity contribution in [1.29, 1.82) is 0 Å². The Balaban J connectivity index is 1.98. The third-order valence-corrected chi connectivity index (χ3v) is 3.56. The van der Waals surface area contributed by atoms with E-state index in [1.165, 1.54) is 0 Å². The number of alkyl halides is 3. The zero-order valence-corrected chi connectivity index (χ0v) is 11.0. The van der Waals surface area contributed by atoms with Gasteiger partial charge in [0.2, 0.25) is 0 Å². The first kappa shape index (κ1) is 14.1. The predicted octanol–water partition coefficient (Wildman–Crippen LogP) is 2.74. The van der Waals surface area contributed by atoms with Gasteiger partial charge in [-0.15, -0.1) is 0 Å². The summed E-state index contributed by atoms with van der Waals surface area (Å²) in [6, 6.07) is 2.58. The molecule has 3 nitrogen and oxygen atoms in total. The van der Waals surface area contributed by atoms with Crippen molar-refractivity contribution >= 4 is 0 Å². The van der Waals surface area contributed by atoms with Crippen LogP contribution >= 0.6 is 0 Å². The highest BCUT2D eigenvalue weighted by Gasteiger charge is 2.33. The number of fused-ring (bicyclic) bond motifs is 1. The Hall–Kier alpha value is -1.89. The van der Waals surface area contributed by atoms with Gasteiger partial charge in [-0.3, -0.25) is 0 Å². The monoisotopic (exact) mass is 299 g/mol. The van der Waals surface area contributed by atoms with Gasteiger partial charge in [-0.1, -0.05) is 0 Å². The number of hydrogen-bond donors (Lipinski definition) is 1. The Morgan fingerprint density at radius 3 is 2.86 bits per heavy atom. The Morgan fingerprint density at radius 1 is 1.29 bits per heavy atom. The lowest BCUT2D eigenvalue weighted by molar-refractivity contribution is -0.138. The minimum absolute atomic E-state index is 0.0135. The molecule has 0 saturated heterocycles. The van der Waals surface area contributed by atoms with E-state index in [-0.39, 0.29) is 12.0 Å². The first-order valence-electron chi connectivity index (χ1n) is 6.55. The van der Waals surface area contributed by atoms with E-state index in [0.29, 0.717) is 18.8 Å². The molecule has 0 atom stereocenters. The lowest BCUT2D eigenvalue weighted by atomic mass is 10.0. The first-order chi connectivity index (χ1) is 9.95. The summed E-state index contributed by atoms with van der Waals surface area (Å²) in [7, 11) is 0. The summed E-state index contributed by atoms with van der Waals surface area (Å²) in [4.78, 5) is 4.19. The van der Waals surface area contributed by atoms with Crippen LogP contribution < -0.4 is 5.32 Å². The first-order valence-corrected chi connectivity index (χ1v) is 6.55. The molecule has 112 valence electrons. The molecule has 0 bridgehead atoms. The van der Waals surface area contributed by atoms with Crippen molar-refractivity contribution in [3.05, 3.63) is 52.9 Å². The highest BCUT2D eigenvalue weighted by Crippen LogP contribution is 2.33. The van der Waals surface area contributed by atoms with E-state index in [9.17, 15) is 17.6 Å². The van der Waals surface area contributed by atoms with Crippen molar-refractivity contribution in [1.82, 2.24) is 14.9 Å². The second kappa shape index (κ2) is 5.14. The minimum Gasteiger partial charge on any atom is -0.329 e. The molecule has 0 aliphatic carbocycles. The molecule has 0 radical (unpaired) electrons. The van der Waals surface area contributed by atoms with Crippen LogP contribution in [0.5, 0.6) is 0 Å². The molecule has 3 rings (SSSR count). The van der Waals surface area contributed by atoms with E-state index in [2.05, 4.69) is 10.3 Å². The Labute approximate surface area is 118 Å². The summed E-state index contributed by atoms with van der Waals surface area (Å²) in [5, 5.41) is 3.14. The van der Waals surface area contributed by atoms with Crippen LogP contribution in [0.3, 0.4) is 0 Å². The van der Waals surface area contributed by atoms with Crippen LogP contribution in [-0.2, 0) is 25.7 Å². The quantitative estimate of drug-likeness (QED) is 0.864. The van der Waals surface area contributed by atoms with Gasteiger partial charge in [0.15, 0.2) is 0 Å².